The van der Waals surface area contributed by atoms with E-state index in [0.29, 0.717) is 15.6 Å². The molecule has 0 radical (unpaired) electrons. The van der Waals surface area contributed by atoms with Crippen LogP contribution >= 0.6 is 23.8 Å². The predicted octanol–water partition coefficient (Wildman–Crippen LogP) is 4.93. The van der Waals surface area contributed by atoms with E-state index in [1.54, 1.807) is 10.9 Å². The van der Waals surface area contributed by atoms with Crippen LogP contribution in [0.15, 0.2) is 53.6 Å². The number of fused-ring (bicyclic) bond motifs is 1. The first kappa shape index (κ1) is 15.8. The first-order valence-electron chi connectivity index (χ1n) is 7.68. The monoisotopic (exact) mass is 367 g/mol. The molecule has 0 bridgehead atoms. The number of rotatable bonds is 3. The van der Waals surface area contributed by atoms with Crippen molar-refractivity contribution in [2.24, 2.45) is 5.10 Å². The predicted molar refractivity (Wildman–Crippen MR) is 104 cm³/mol. The number of para-hydroxylation sites is 1. The van der Waals surface area contributed by atoms with E-state index in [9.17, 15) is 0 Å². The SMILES string of the molecule is Cc1[nH]c2ccccc2c1C=Nn1c(-c2cccc(Cl)c2)n[nH]c1=S. The molecule has 124 valence electrons. The molecular weight excluding hydrogens is 354 g/mol. The molecule has 7 heteroatoms. The first-order chi connectivity index (χ1) is 12.1. The Morgan fingerprint density at radius 1 is 1.20 bits per heavy atom. The lowest BCUT2D eigenvalue weighted by atomic mass is 10.1. The van der Waals surface area contributed by atoms with Gasteiger partial charge in [-0.15, -0.1) is 0 Å². The van der Waals surface area contributed by atoms with Gasteiger partial charge in [-0.3, -0.25) is 0 Å². The van der Waals surface area contributed by atoms with Crippen LogP contribution in [-0.2, 0) is 0 Å². The number of halogens is 1. The minimum Gasteiger partial charge on any atom is -0.358 e. The van der Waals surface area contributed by atoms with Crippen molar-refractivity contribution < 1.29 is 0 Å². The topological polar surface area (TPSA) is 61.8 Å². The Labute approximate surface area is 154 Å². The van der Waals surface area contributed by atoms with Crippen LogP contribution in [0.4, 0.5) is 0 Å². The summed E-state index contributed by atoms with van der Waals surface area (Å²) < 4.78 is 2.02. The fraction of sp³-hybridized carbons (Fsp3) is 0.0556. The highest BCUT2D eigenvalue weighted by Crippen LogP contribution is 2.22. The maximum absolute atomic E-state index is 6.08. The van der Waals surface area contributed by atoms with Crippen molar-refractivity contribution in [2.45, 2.75) is 6.92 Å². The molecule has 0 spiro atoms. The number of nitrogens with one attached hydrogen (secondary N) is 2. The molecule has 25 heavy (non-hydrogen) atoms. The number of aromatic amines is 2. The van der Waals surface area contributed by atoms with Crippen LogP contribution in [0.25, 0.3) is 22.3 Å². The Morgan fingerprint density at radius 2 is 2.04 bits per heavy atom. The van der Waals surface area contributed by atoms with Gasteiger partial charge in [0, 0.05) is 32.7 Å². The van der Waals surface area contributed by atoms with Gasteiger partial charge in [-0.25, -0.2) is 5.10 Å². The van der Waals surface area contributed by atoms with Crippen molar-refractivity contribution in [3.05, 3.63) is 69.6 Å². The van der Waals surface area contributed by atoms with Gasteiger partial charge in [0.15, 0.2) is 5.82 Å². The van der Waals surface area contributed by atoms with Gasteiger partial charge < -0.3 is 4.98 Å². The molecule has 2 heterocycles. The number of H-pyrrole nitrogens is 2. The van der Waals surface area contributed by atoms with Crippen molar-refractivity contribution in [1.29, 1.82) is 0 Å². The minimum absolute atomic E-state index is 0.420. The third-order valence-electron chi connectivity index (χ3n) is 3.98. The zero-order valence-electron chi connectivity index (χ0n) is 13.3. The molecule has 2 aromatic heterocycles. The number of aryl methyl sites for hydroxylation is 1. The van der Waals surface area contributed by atoms with Crippen LogP contribution in [0, 0.1) is 11.7 Å². The van der Waals surface area contributed by atoms with E-state index in [0.717, 1.165) is 27.7 Å². The Bertz CT molecular complexity index is 1150. The van der Waals surface area contributed by atoms with Crippen LogP contribution in [0.3, 0.4) is 0 Å². The highest BCUT2D eigenvalue weighted by molar-refractivity contribution is 7.71. The smallest absolute Gasteiger partial charge is 0.216 e. The van der Waals surface area contributed by atoms with Gasteiger partial charge in [0.1, 0.15) is 0 Å². The van der Waals surface area contributed by atoms with E-state index in [4.69, 9.17) is 23.8 Å². The van der Waals surface area contributed by atoms with Gasteiger partial charge in [0.25, 0.3) is 0 Å². The summed E-state index contributed by atoms with van der Waals surface area (Å²) in [6, 6.07) is 15.5. The van der Waals surface area contributed by atoms with E-state index >= 15 is 0 Å². The molecule has 0 amide bonds. The van der Waals surface area contributed by atoms with E-state index < -0.39 is 0 Å². The van der Waals surface area contributed by atoms with E-state index in [2.05, 4.69) is 26.3 Å². The fourth-order valence-electron chi connectivity index (χ4n) is 2.79. The molecule has 0 saturated heterocycles. The molecule has 4 rings (SSSR count). The molecule has 2 aromatic carbocycles. The number of nitrogens with zero attached hydrogens (tertiary/aromatic N) is 3. The third kappa shape index (κ3) is 2.90. The Hall–Kier alpha value is -2.70. The molecule has 0 atom stereocenters. The Kier molecular flexibility index (Phi) is 3.99. The molecule has 5 nitrogen and oxygen atoms in total. The average Bonchev–Trinajstić information content (AvgIpc) is 3.12. The van der Waals surface area contributed by atoms with Crippen LogP contribution in [0.1, 0.15) is 11.3 Å². The van der Waals surface area contributed by atoms with Gasteiger partial charge in [0.05, 0.1) is 6.21 Å². The van der Waals surface area contributed by atoms with Crippen molar-refractivity contribution in [3.63, 3.8) is 0 Å². The molecule has 0 fully saturated rings. The molecule has 0 unspecified atom stereocenters. The van der Waals surface area contributed by atoms with Gasteiger partial charge >= 0.3 is 0 Å². The molecular formula is C18H14ClN5S. The molecule has 4 aromatic rings. The van der Waals surface area contributed by atoms with Gasteiger partial charge in [-0.05, 0) is 37.3 Å². The lowest BCUT2D eigenvalue weighted by molar-refractivity contribution is 0.871. The largest absolute Gasteiger partial charge is 0.358 e. The molecule has 0 aliphatic rings. The molecule has 2 N–H and O–H groups in total. The Morgan fingerprint density at radius 3 is 2.88 bits per heavy atom. The summed E-state index contributed by atoms with van der Waals surface area (Å²) in [6.45, 7) is 2.02. The summed E-state index contributed by atoms with van der Waals surface area (Å²) in [5.41, 5.74) is 3.99. The second-order valence-electron chi connectivity index (χ2n) is 5.63. The normalized spacial score (nSPS) is 11.6. The van der Waals surface area contributed by atoms with Crippen LogP contribution < -0.4 is 0 Å². The lowest BCUT2D eigenvalue weighted by Gasteiger charge is -2.01. The van der Waals surface area contributed by atoms with Crippen LogP contribution in [-0.4, -0.2) is 26.1 Å². The summed E-state index contributed by atoms with van der Waals surface area (Å²) in [4.78, 5) is 3.36. The summed E-state index contributed by atoms with van der Waals surface area (Å²) in [5.74, 6) is 0.612. The zero-order chi connectivity index (χ0) is 17.4. The molecule has 0 saturated carbocycles. The van der Waals surface area contributed by atoms with Gasteiger partial charge in [-0.1, -0.05) is 41.9 Å². The van der Waals surface area contributed by atoms with E-state index in [-0.39, 0.29) is 0 Å². The summed E-state index contributed by atoms with van der Waals surface area (Å²) in [6.07, 6.45) is 1.80. The maximum atomic E-state index is 6.08. The number of hydrogen-bond donors (Lipinski definition) is 2. The van der Waals surface area contributed by atoms with Crippen molar-refractivity contribution in [1.82, 2.24) is 19.9 Å². The quantitative estimate of drug-likeness (QED) is 0.398. The summed E-state index contributed by atoms with van der Waals surface area (Å²) >= 11 is 11.4. The third-order valence-corrected chi connectivity index (χ3v) is 4.48. The number of benzene rings is 2. The van der Waals surface area contributed by atoms with Gasteiger partial charge in [-0.2, -0.15) is 14.9 Å². The number of aromatic nitrogens is 4. The van der Waals surface area contributed by atoms with E-state index in [1.165, 1.54) is 0 Å². The average molecular weight is 368 g/mol. The second-order valence-corrected chi connectivity index (χ2v) is 6.45. The molecule has 0 aliphatic carbocycles. The first-order valence-corrected chi connectivity index (χ1v) is 8.47. The van der Waals surface area contributed by atoms with Crippen molar-refractivity contribution in [2.75, 3.05) is 0 Å². The minimum atomic E-state index is 0.420. The standard InChI is InChI=1S/C18H14ClN5S/c1-11-15(14-7-2-3-8-16(14)21-11)10-20-24-17(22-23-18(24)25)12-5-4-6-13(19)9-12/h2-10,21H,1H3,(H,23,25). The summed E-state index contributed by atoms with van der Waals surface area (Å²) in [7, 11) is 0. The van der Waals surface area contributed by atoms with Gasteiger partial charge in [0.2, 0.25) is 4.77 Å². The summed E-state index contributed by atoms with van der Waals surface area (Å²) in [5, 5.41) is 13.4. The Balaban J connectivity index is 1.81. The molecule has 0 aliphatic heterocycles. The lowest BCUT2D eigenvalue weighted by Crippen LogP contribution is -1.95. The van der Waals surface area contributed by atoms with Crippen molar-refractivity contribution >= 4 is 40.9 Å². The fourth-order valence-corrected chi connectivity index (χ4v) is 3.16. The van der Waals surface area contributed by atoms with Crippen molar-refractivity contribution in [3.8, 4) is 11.4 Å². The van der Waals surface area contributed by atoms with Crippen LogP contribution in [0.2, 0.25) is 5.02 Å². The highest BCUT2D eigenvalue weighted by atomic mass is 35.5. The maximum Gasteiger partial charge on any atom is 0.216 e. The highest BCUT2D eigenvalue weighted by Gasteiger charge is 2.10. The second kappa shape index (κ2) is 6.31. The van der Waals surface area contributed by atoms with Crippen LogP contribution in [0.5, 0.6) is 0 Å². The zero-order valence-corrected chi connectivity index (χ0v) is 14.9. The van der Waals surface area contributed by atoms with E-state index in [1.807, 2.05) is 49.4 Å². The number of hydrogen-bond acceptors (Lipinski definition) is 3.